The summed E-state index contributed by atoms with van der Waals surface area (Å²) in [5.41, 5.74) is 0.896. The van der Waals surface area contributed by atoms with Crippen molar-refractivity contribution in [1.82, 2.24) is 9.55 Å². The van der Waals surface area contributed by atoms with Crippen LogP contribution < -0.4 is 10.3 Å². The first-order valence-electron chi connectivity index (χ1n) is 7.15. The van der Waals surface area contributed by atoms with E-state index < -0.39 is 6.61 Å². The normalized spacial score (nSPS) is 10.5. The first-order valence-corrected chi connectivity index (χ1v) is 7.52. The molecule has 0 fully saturated rings. The maximum absolute atomic E-state index is 12.5. The molecule has 0 aliphatic rings. The molecule has 8 heteroatoms. The zero-order valence-corrected chi connectivity index (χ0v) is 14.4. The van der Waals surface area contributed by atoms with Gasteiger partial charge in [0.25, 0.3) is 5.56 Å². The lowest BCUT2D eigenvalue weighted by atomic mass is 10.1. The van der Waals surface area contributed by atoms with Crippen molar-refractivity contribution in [2.24, 2.45) is 7.05 Å². The van der Waals surface area contributed by atoms with Gasteiger partial charge < -0.3 is 9.30 Å². The van der Waals surface area contributed by atoms with Crippen molar-refractivity contribution in [3.8, 4) is 11.8 Å². The summed E-state index contributed by atoms with van der Waals surface area (Å²) in [6.07, 6.45) is 1.57. The lowest BCUT2D eigenvalue weighted by molar-refractivity contribution is -0.0496. The molecule has 2 aromatic heterocycles. The number of rotatable bonds is 2. The van der Waals surface area contributed by atoms with E-state index in [-0.39, 0.29) is 16.3 Å². The van der Waals surface area contributed by atoms with Crippen LogP contribution in [0.4, 0.5) is 8.78 Å². The Morgan fingerprint density at radius 3 is 2.60 bits per heavy atom. The Morgan fingerprint density at radius 1 is 1.36 bits per heavy atom. The van der Waals surface area contributed by atoms with Gasteiger partial charge in [0.15, 0.2) is 0 Å². The number of fused-ring (bicyclic) bond motifs is 3. The maximum atomic E-state index is 12.5. The van der Waals surface area contributed by atoms with E-state index in [1.54, 1.807) is 32.3 Å². The fourth-order valence-electron chi connectivity index (χ4n) is 2.56. The van der Waals surface area contributed by atoms with Crippen LogP contribution in [-0.4, -0.2) is 16.2 Å². The van der Waals surface area contributed by atoms with Crippen molar-refractivity contribution >= 4 is 33.3 Å². The molecule has 0 aliphatic heterocycles. The summed E-state index contributed by atoms with van der Waals surface area (Å²) in [6.45, 7) is 0.180. The summed E-state index contributed by atoms with van der Waals surface area (Å²) in [4.78, 5) is 16.6. The van der Waals surface area contributed by atoms with Gasteiger partial charge in [-0.2, -0.15) is 14.0 Å². The molecule has 3 aromatic rings. The fourth-order valence-corrected chi connectivity index (χ4v) is 2.76. The lowest BCUT2D eigenvalue weighted by Gasteiger charge is -2.13. The van der Waals surface area contributed by atoms with Gasteiger partial charge in [0.05, 0.1) is 27.7 Å². The summed E-state index contributed by atoms with van der Waals surface area (Å²) in [5.74, 6) is -0.126. The van der Waals surface area contributed by atoms with Crippen molar-refractivity contribution in [2.75, 3.05) is 0 Å². The lowest BCUT2D eigenvalue weighted by Crippen LogP contribution is -2.18. The number of nitriles is 1. The van der Waals surface area contributed by atoms with Crippen LogP contribution in [0.1, 0.15) is 12.6 Å². The SMILES string of the molecule is CC#N.Cc1nccc2c1c(=O)n(C)c1cc(Cl)c(OC(F)F)cc21. The fraction of sp³-hybridized carbons (Fsp3) is 0.235. The molecule has 0 saturated carbocycles. The van der Waals surface area contributed by atoms with Gasteiger partial charge in [0.2, 0.25) is 0 Å². The molecule has 0 radical (unpaired) electrons. The van der Waals surface area contributed by atoms with Crippen LogP contribution in [-0.2, 0) is 7.05 Å². The number of benzene rings is 1. The molecule has 3 rings (SSSR count). The number of hydrogen-bond donors (Lipinski definition) is 0. The number of alkyl halides is 2. The number of nitrogens with zero attached hydrogens (tertiary/aromatic N) is 3. The Bertz CT molecular complexity index is 1040. The van der Waals surface area contributed by atoms with Crippen molar-refractivity contribution < 1.29 is 13.5 Å². The molecule has 1 aromatic carbocycles. The largest absolute Gasteiger partial charge is 0.433 e. The first kappa shape index (κ1) is 18.6. The zero-order valence-electron chi connectivity index (χ0n) is 13.7. The standard InChI is InChI=1S/C15H11ClF2N2O2.C2H3N/c1-7-13-8(3-4-19-7)9-5-12(22-15(17)18)10(16)6-11(9)20(2)14(13)21;1-2-3/h3-6,15H,1-2H3;1H3. The van der Waals surface area contributed by atoms with Gasteiger partial charge in [-0.05, 0) is 25.1 Å². The summed E-state index contributed by atoms with van der Waals surface area (Å²) >= 11 is 5.97. The summed E-state index contributed by atoms with van der Waals surface area (Å²) in [7, 11) is 1.60. The maximum Gasteiger partial charge on any atom is 0.387 e. The van der Waals surface area contributed by atoms with E-state index in [0.29, 0.717) is 27.4 Å². The predicted octanol–water partition coefficient (Wildman–Crippen LogP) is 4.18. The molecule has 0 N–H and O–H groups in total. The minimum Gasteiger partial charge on any atom is -0.433 e. The van der Waals surface area contributed by atoms with E-state index in [0.717, 1.165) is 0 Å². The van der Waals surface area contributed by atoms with Crippen molar-refractivity contribution in [3.05, 3.63) is 45.5 Å². The van der Waals surface area contributed by atoms with E-state index in [4.69, 9.17) is 16.9 Å². The van der Waals surface area contributed by atoms with Crippen LogP contribution in [0.25, 0.3) is 21.7 Å². The molecule has 0 aliphatic carbocycles. The molecule has 25 heavy (non-hydrogen) atoms. The molecule has 0 bridgehead atoms. The number of aromatic nitrogens is 2. The molecule has 5 nitrogen and oxygen atoms in total. The van der Waals surface area contributed by atoms with Crippen molar-refractivity contribution in [1.29, 1.82) is 5.26 Å². The quantitative estimate of drug-likeness (QED) is 0.639. The van der Waals surface area contributed by atoms with Gasteiger partial charge in [-0.3, -0.25) is 9.78 Å². The smallest absolute Gasteiger partial charge is 0.387 e. The highest BCUT2D eigenvalue weighted by Gasteiger charge is 2.16. The Kier molecular flexibility index (Phi) is 5.55. The van der Waals surface area contributed by atoms with E-state index in [1.165, 1.54) is 23.6 Å². The van der Waals surface area contributed by atoms with Crippen LogP contribution in [0.3, 0.4) is 0 Å². The molecular weight excluding hydrogens is 352 g/mol. The average molecular weight is 366 g/mol. The molecule has 0 amide bonds. The van der Waals surface area contributed by atoms with Gasteiger partial charge >= 0.3 is 6.61 Å². The summed E-state index contributed by atoms with van der Waals surface area (Å²) in [5, 5.41) is 9.01. The van der Waals surface area contributed by atoms with Gasteiger partial charge in [-0.1, -0.05) is 11.6 Å². The van der Waals surface area contributed by atoms with Crippen LogP contribution >= 0.6 is 11.6 Å². The minimum atomic E-state index is -2.97. The van der Waals surface area contributed by atoms with Crippen LogP contribution in [0.5, 0.6) is 5.75 Å². The number of halogens is 3. The number of aryl methyl sites for hydroxylation is 2. The topological polar surface area (TPSA) is 67.9 Å². The number of hydrogen-bond acceptors (Lipinski definition) is 4. The zero-order chi connectivity index (χ0) is 18.7. The highest BCUT2D eigenvalue weighted by molar-refractivity contribution is 6.33. The predicted molar refractivity (Wildman–Crippen MR) is 92.2 cm³/mol. The van der Waals surface area contributed by atoms with E-state index in [2.05, 4.69) is 9.72 Å². The second-order valence-electron chi connectivity index (χ2n) is 5.08. The van der Waals surface area contributed by atoms with E-state index >= 15 is 0 Å². The highest BCUT2D eigenvalue weighted by Crippen LogP contribution is 2.33. The number of pyridine rings is 2. The van der Waals surface area contributed by atoms with Gasteiger partial charge in [-0.15, -0.1) is 0 Å². The number of ether oxygens (including phenoxy) is 1. The third-order valence-electron chi connectivity index (χ3n) is 3.58. The van der Waals surface area contributed by atoms with Crippen molar-refractivity contribution in [2.45, 2.75) is 20.5 Å². The second-order valence-corrected chi connectivity index (χ2v) is 5.49. The van der Waals surface area contributed by atoms with Crippen LogP contribution in [0.15, 0.2) is 29.2 Å². The third kappa shape index (κ3) is 3.54. The molecule has 2 heterocycles. The molecule has 0 spiro atoms. The third-order valence-corrected chi connectivity index (χ3v) is 3.87. The molecule has 0 saturated heterocycles. The van der Waals surface area contributed by atoms with Gasteiger partial charge in [0, 0.05) is 30.9 Å². The van der Waals surface area contributed by atoms with E-state index in [9.17, 15) is 13.6 Å². The first-order chi connectivity index (χ1) is 11.8. The molecular formula is C17H14ClF2N3O2. The van der Waals surface area contributed by atoms with Gasteiger partial charge in [0.1, 0.15) is 5.75 Å². The average Bonchev–Trinajstić information content (AvgIpc) is 2.54. The molecule has 0 unspecified atom stereocenters. The van der Waals surface area contributed by atoms with Gasteiger partial charge in [-0.25, -0.2) is 0 Å². The van der Waals surface area contributed by atoms with Crippen molar-refractivity contribution in [3.63, 3.8) is 0 Å². The Morgan fingerprint density at radius 2 is 2.00 bits per heavy atom. The van der Waals surface area contributed by atoms with Crippen LogP contribution in [0, 0.1) is 18.3 Å². The summed E-state index contributed by atoms with van der Waals surface area (Å²) in [6, 6.07) is 6.29. The monoisotopic (exact) mass is 365 g/mol. The molecule has 130 valence electrons. The Labute approximate surface area is 147 Å². The Hall–Kier alpha value is -2.72. The molecule has 0 atom stereocenters. The highest BCUT2D eigenvalue weighted by atomic mass is 35.5. The second kappa shape index (κ2) is 7.45. The minimum absolute atomic E-state index is 0.0212. The van der Waals surface area contributed by atoms with E-state index in [1.807, 2.05) is 0 Å². The Balaban J connectivity index is 0.000000701. The summed E-state index contributed by atoms with van der Waals surface area (Å²) < 4.78 is 30.8. The van der Waals surface area contributed by atoms with Crippen LogP contribution in [0.2, 0.25) is 5.02 Å².